The third kappa shape index (κ3) is 4.33. The molecule has 0 fully saturated rings. The van der Waals surface area contributed by atoms with Gasteiger partial charge in [-0.15, -0.1) is 11.3 Å². The molecule has 0 saturated carbocycles. The molecule has 0 saturated heterocycles. The van der Waals surface area contributed by atoms with Crippen LogP contribution in [0.15, 0.2) is 35.8 Å². The molecule has 2 rings (SSSR count). The molecule has 0 aliphatic carbocycles. The lowest BCUT2D eigenvalue weighted by atomic mass is 9.96. The smallest absolute Gasteiger partial charge is 0.119 e. The Bertz CT molecular complexity index is 485. The van der Waals surface area contributed by atoms with Crippen molar-refractivity contribution < 1.29 is 4.74 Å². The van der Waals surface area contributed by atoms with Crippen LogP contribution >= 0.6 is 11.3 Å². The molecule has 1 atom stereocenters. The van der Waals surface area contributed by atoms with Crippen molar-refractivity contribution in [3.63, 3.8) is 0 Å². The second kappa shape index (κ2) is 7.26. The number of hydrogen-bond donors (Lipinski definition) is 1. The zero-order valence-corrected chi connectivity index (χ0v) is 12.2. The maximum Gasteiger partial charge on any atom is 0.119 e. The topological polar surface area (TPSA) is 34.1 Å². The minimum atomic E-state index is 0.559. The Morgan fingerprint density at radius 2 is 2.26 bits per heavy atom. The van der Waals surface area contributed by atoms with Gasteiger partial charge < -0.3 is 10.1 Å². The summed E-state index contributed by atoms with van der Waals surface area (Å²) < 4.78 is 5.28. The van der Waals surface area contributed by atoms with Crippen LogP contribution in [0.25, 0.3) is 0 Å². The van der Waals surface area contributed by atoms with Gasteiger partial charge in [-0.2, -0.15) is 0 Å². The number of benzene rings is 1. The van der Waals surface area contributed by atoms with E-state index in [1.807, 2.05) is 30.8 Å². The molecular formula is C15H20N2OS. The van der Waals surface area contributed by atoms with E-state index >= 15 is 0 Å². The van der Waals surface area contributed by atoms with Crippen molar-refractivity contribution in [1.82, 2.24) is 10.3 Å². The predicted octanol–water partition coefficient (Wildman–Crippen LogP) is 2.77. The van der Waals surface area contributed by atoms with Gasteiger partial charge in [0.1, 0.15) is 5.75 Å². The van der Waals surface area contributed by atoms with E-state index in [1.54, 1.807) is 18.4 Å². The molecule has 1 aromatic heterocycles. The first-order valence-corrected chi connectivity index (χ1v) is 7.35. The Balaban J connectivity index is 2.02. The lowest BCUT2D eigenvalue weighted by Crippen LogP contribution is -2.22. The molecular weight excluding hydrogens is 256 g/mol. The van der Waals surface area contributed by atoms with Crippen LogP contribution in [0, 0.1) is 5.92 Å². The fourth-order valence-corrected chi connectivity index (χ4v) is 2.97. The van der Waals surface area contributed by atoms with Crippen LogP contribution < -0.4 is 10.1 Å². The van der Waals surface area contributed by atoms with Gasteiger partial charge in [-0.1, -0.05) is 12.1 Å². The van der Waals surface area contributed by atoms with Gasteiger partial charge in [0.2, 0.25) is 0 Å². The third-order valence-corrected chi connectivity index (χ3v) is 3.90. The molecule has 0 spiro atoms. The standard InChI is InChI=1S/C15H20N2OS/c1-16-11-13(10-15-17-6-7-19-15)8-12-4-3-5-14(9-12)18-2/h3-7,9,13,16H,8,10-11H2,1-2H3. The molecule has 2 aromatic rings. The molecule has 1 heterocycles. The van der Waals surface area contributed by atoms with Crippen LogP contribution in [0.2, 0.25) is 0 Å². The second-order valence-corrected chi connectivity index (χ2v) is 5.59. The zero-order chi connectivity index (χ0) is 13.5. The van der Waals surface area contributed by atoms with E-state index in [1.165, 1.54) is 10.6 Å². The van der Waals surface area contributed by atoms with E-state index in [4.69, 9.17) is 4.74 Å². The molecule has 4 heteroatoms. The Hall–Kier alpha value is -1.39. The number of rotatable bonds is 7. The summed E-state index contributed by atoms with van der Waals surface area (Å²) in [5.41, 5.74) is 1.32. The molecule has 1 N–H and O–H groups in total. The van der Waals surface area contributed by atoms with Crippen molar-refractivity contribution in [3.05, 3.63) is 46.4 Å². The van der Waals surface area contributed by atoms with Gasteiger partial charge in [-0.3, -0.25) is 0 Å². The molecule has 102 valence electrons. The Kier molecular flexibility index (Phi) is 5.36. The maximum absolute atomic E-state index is 5.28. The molecule has 0 radical (unpaired) electrons. The monoisotopic (exact) mass is 276 g/mol. The van der Waals surface area contributed by atoms with E-state index in [2.05, 4.69) is 22.4 Å². The van der Waals surface area contributed by atoms with Gasteiger partial charge >= 0.3 is 0 Å². The predicted molar refractivity (Wildman–Crippen MR) is 79.9 cm³/mol. The largest absolute Gasteiger partial charge is 0.497 e. The first-order chi connectivity index (χ1) is 9.31. The number of ether oxygens (including phenoxy) is 1. The van der Waals surface area contributed by atoms with E-state index in [0.717, 1.165) is 25.1 Å². The number of methoxy groups -OCH3 is 1. The normalized spacial score (nSPS) is 12.3. The molecule has 0 aliphatic heterocycles. The fourth-order valence-electron chi connectivity index (χ4n) is 2.24. The molecule has 19 heavy (non-hydrogen) atoms. The quantitative estimate of drug-likeness (QED) is 0.844. The fraction of sp³-hybridized carbons (Fsp3) is 0.400. The summed E-state index contributed by atoms with van der Waals surface area (Å²) >= 11 is 1.73. The van der Waals surface area contributed by atoms with Crippen LogP contribution in [-0.2, 0) is 12.8 Å². The average Bonchev–Trinajstić information content (AvgIpc) is 2.92. The van der Waals surface area contributed by atoms with E-state index in [0.29, 0.717) is 5.92 Å². The molecule has 0 amide bonds. The molecule has 1 aromatic carbocycles. The van der Waals surface area contributed by atoms with Crippen molar-refractivity contribution in [3.8, 4) is 5.75 Å². The summed E-state index contributed by atoms with van der Waals surface area (Å²) in [6.07, 6.45) is 3.94. The van der Waals surface area contributed by atoms with Crippen LogP contribution in [0.4, 0.5) is 0 Å². The molecule has 0 bridgehead atoms. The maximum atomic E-state index is 5.28. The lowest BCUT2D eigenvalue weighted by Gasteiger charge is -2.15. The first kappa shape index (κ1) is 14.0. The van der Waals surface area contributed by atoms with Gasteiger partial charge in [0.25, 0.3) is 0 Å². The number of hydrogen-bond acceptors (Lipinski definition) is 4. The lowest BCUT2D eigenvalue weighted by molar-refractivity contribution is 0.413. The van der Waals surface area contributed by atoms with E-state index in [-0.39, 0.29) is 0 Å². The number of nitrogens with zero attached hydrogens (tertiary/aromatic N) is 1. The van der Waals surface area contributed by atoms with Crippen molar-refractivity contribution in [2.75, 3.05) is 20.7 Å². The Morgan fingerprint density at radius 3 is 2.95 bits per heavy atom. The van der Waals surface area contributed by atoms with Gasteiger partial charge in [-0.05, 0) is 43.6 Å². The average molecular weight is 276 g/mol. The van der Waals surface area contributed by atoms with Gasteiger partial charge in [0.15, 0.2) is 0 Å². The van der Waals surface area contributed by atoms with Crippen molar-refractivity contribution in [2.45, 2.75) is 12.8 Å². The van der Waals surface area contributed by atoms with Gasteiger partial charge in [-0.25, -0.2) is 4.98 Å². The number of thiazole rings is 1. The SMILES string of the molecule is CNCC(Cc1cccc(OC)c1)Cc1nccs1. The van der Waals surface area contributed by atoms with E-state index < -0.39 is 0 Å². The highest BCUT2D eigenvalue weighted by Gasteiger charge is 2.12. The summed E-state index contributed by atoms with van der Waals surface area (Å²) in [6.45, 7) is 0.997. The highest BCUT2D eigenvalue weighted by Crippen LogP contribution is 2.19. The molecule has 3 nitrogen and oxygen atoms in total. The van der Waals surface area contributed by atoms with Gasteiger partial charge in [0.05, 0.1) is 12.1 Å². The highest BCUT2D eigenvalue weighted by atomic mass is 32.1. The summed E-state index contributed by atoms with van der Waals surface area (Å²) in [6, 6.07) is 8.31. The van der Waals surface area contributed by atoms with Crippen LogP contribution in [0.5, 0.6) is 5.75 Å². The summed E-state index contributed by atoms with van der Waals surface area (Å²) in [4.78, 5) is 4.38. The van der Waals surface area contributed by atoms with Crippen molar-refractivity contribution in [1.29, 1.82) is 0 Å². The highest BCUT2D eigenvalue weighted by molar-refractivity contribution is 7.09. The summed E-state index contributed by atoms with van der Waals surface area (Å²) in [7, 11) is 3.71. The number of nitrogens with one attached hydrogen (secondary N) is 1. The second-order valence-electron chi connectivity index (χ2n) is 4.61. The van der Waals surface area contributed by atoms with Crippen LogP contribution in [-0.4, -0.2) is 25.7 Å². The van der Waals surface area contributed by atoms with Crippen molar-refractivity contribution in [2.24, 2.45) is 5.92 Å². The summed E-state index contributed by atoms with van der Waals surface area (Å²) in [5, 5.41) is 6.52. The Morgan fingerprint density at radius 1 is 1.37 bits per heavy atom. The molecule has 0 aliphatic rings. The van der Waals surface area contributed by atoms with Crippen LogP contribution in [0.3, 0.4) is 0 Å². The summed E-state index contributed by atoms with van der Waals surface area (Å²) in [5.74, 6) is 1.48. The zero-order valence-electron chi connectivity index (χ0n) is 11.4. The molecule has 1 unspecified atom stereocenters. The minimum absolute atomic E-state index is 0.559. The van der Waals surface area contributed by atoms with Crippen molar-refractivity contribution >= 4 is 11.3 Å². The van der Waals surface area contributed by atoms with E-state index in [9.17, 15) is 0 Å². The minimum Gasteiger partial charge on any atom is -0.497 e. The Labute approximate surface area is 118 Å². The van der Waals surface area contributed by atoms with Gasteiger partial charge in [0, 0.05) is 18.0 Å². The first-order valence-electron chi connectivity index (χ1n) is 6.47. The third-order valence-electron chi connectivity index (χ3n) is 3.10. The van der Waals surface area contributed by atoms with Crippen LogP contribution in [0.1, 0.15) is 10.6 Å². The number of aromatic nitrogens is 1.